The Bertz CT molecular complexity index is 436. The Hall–Kier alpha value is -1.95. The van der Waals surface area contributed by atoms with E-state index in [9.17, 15) is 4.79 Å². The van der Waals surface area contributed by atoms with Gasteiger partial charge in [0.25, 0.3) is 0 Å². The Morgan fingerprint density at radius 3 is 3.00 bits per heavy atom. The van der Waals surface area contributed by atoms with Crippen molar-refractivity contribution in [3.8, 4) is 11.5 Å². The number of benzene rings is 1. The maximum Gasteiger partial charge on any atom is 0.404 e. The van der Waals surface area contributed by atoms with Gasteiger partial charge in [0.05, 0.1) is 0 Å². The minimum Gasteiger partial charge on any atom is -0.465 e. The zero-order chi connectivity index (χ0) is 13.0. The number of nitrogens with zero attached hydrogens (tertiary/aromatic N) is 1. The van der Waals surface area contributed by atoms with Gasteiger partial charge in [0.15, 0.2) is 11.5 Å². The molecule has 0 bridgehead atoms. The molecule has 1 aromatic rings. The molecule has 0 fully saturated rings. The molecule has 6 heteroatoms. The maximum absolute atomic E-state index is 10.3. The lowest BCUT2D eigenvalue weighted by atomic mass is 10.2. The van der Waals surface area contributed by atoms with E-state index in [0.29, 0.717) is 13.1 Å². The lowest BCUT2D eigenvalue weighted by Gasteiger charge is -2.16. The fourth-order valence-electron chi connectivity index (χ4n) is 1.78. The Morgan fingerprint density at radius 2 is 2.22 bits per heavy atom. The van der Waals surface area contributed by atoms with Crippen LogP contribution in [-0.2, 0) is 6.54 Å². The largest absolute Gasteiger partial charge is 0.465 e. The molecule has 2 N–H and O–H groups in total. The van der Waals surface area contributed by atoms with Crippen LogP contribution in [0.5, 0.6) is 11.5 Å². The molecule has 0 aromatic heterocycles. The first-order chi connectivity index (χ1) is 8.65. The van der Waals surface area contributed by atoms with Crippen molar-refractivity contribution < 1.29 is 19.4 Å². The van der Waals surface area contributed by atoms with Gasteiger partial charge in [-0.1, -0.05) is 6.07 Å². The third kappa shape index (κ3) is 3.27. The molecular formula is C12H16N2O4. The van der Waals surface area contributed by atoms with Crippen LogP contribution in [0.3, 0.4) is 0 Å². The van der Waals surface area contributed by atoms with Gasteiger partial charge in [-0.3, -0.25) is 0 Å². The van der Waals surface area contributed by atoms with Crippen LogP contribution in [0.2, 0.25) is 0 Å². The first-order valence-electron chi connectivity index (χ1n) is 5.69. The maximum atomic E-state index is 10.3. The highest BCUT2D eigenvalue weighted by molar-refractivity contribution is 5.64. The molecule has 0 saturated heterocycles. The van der Waals surface area contributed by atoms with Crippen LogP contribution in [0.1, 0.15) is 5.56 Å². The number of rotatable bonds is 5. The van der Waals surface area contributed by atoms with E-state index in [1.54, 1.807) is 0 Å². The lowest BCUT2D eigenvalue weighted by molar-refractivity contribution is 0.174. The van der Waals surface area contributed by atoms with E-state index in [4.69, 9.17) is 14.6 Å². The molecule has 2 rings (SSSR count). The topological polar surface area (TPSA) is 71.0 Å². The van der Waals surface area contributed by atoms with Gasteiger partial charge in [0.2, 0.25) is 6.79 Å². The molecule has 0 spiro atoms. The van der Waals surface area contributed by atoms with Gasteiger partial charge >= 0.3 is 6.09 Å². The molecule has 0 radical (unpaired) electrons. The molecule has 0 aliphatic carbocycles. The van der Waals surface area contributed by atoms with Crippen molar-refractivity contribution in [3.05, 3.63) is 23.8 Å². The van der Waals surface area contributed by atoms with E-state index < -0.39 is 6.09 Å². The van der Waals surface area contributed by atoms with Crippen LogP contribution in [-0.4, -0.2) is 43.0 Å². The van der Waals surface area contributed by atoms with Crippen LogP contribution in [0.15, 0.2) is 18.2 Å². The molecule has 1 aromatic carbocycles. The molecular weight excluding hydrogens is 236 g/mol. The number of carbonyl (C=O) groups is 1. The quantitative estimate of drug-likeness (QED) is 0.821. The van der Waals surface area contributed by atoms with Gasteiger partial charge in [0.1, 0.15) is 0 Å². The summed E-state index contributed by atoms with van der Waals surface area (Å²) >= 11 is 0. The molecule has 18 heavy (non-hydrogen) atoms. The van der Waals surface area contributed by atoms with Crippen molar-refractivity contribution in [2.45, 2.75) is 6.54 Å². The number of ether oxygens (including phenoxy) is 2. The number of carboxylic acid groups (broad SMARTS) is 1. The van der Waals surface area contributed by atoms with Crippen molar-refractivity contribution in [2.24, 2.45) is 0 Å². The summed E-state index contributed by atoms with van der Waals surface area (Å²) in [5.41, 5.74) is 1.11. The fraction of sp³-hybridized carbons (Fsp3) is 0.417. The van der Waals surface area contributed by atoms with Gasteiger partial charge in [-0.2, -0.15) is 0 Å². The third-order valence-corrected chi connectivity index (χ3v) is 2.66. The van der Waals surface area contributed by atoms with Crippen LogP contribution >= 0.6 is 0 Å². The predicted molar refractivity (Wildman–Crippen MR) is 64.9 cm³/mol. The summed E-state index contributed by atoms with van der Waals surface area (Å²) in [6.45, 7) is 2.08. The number of nitrogens with one attached hydrogen (secondary N) is 1. The minimum atomic E-state index is -0.994. The standard InChI is InChI=1S/C12H16N2O4/c1-14(5-4-13-12(15)16)7-9-2-3-10-11(6-9)18-8-17-10/h2-3,6,13H,4-5,7-8H2,1H3,(H,15,16). The van der Waals surface area contributed by atoms with Crippen LogP contribution in [0, 0.1) is 0 Å². The van der Waals surface area contributed by atoms with E-state index >= 15 is 0 Å². The number of fused-ring (bicyclic) bond motifs is 1. The van der Waals surface area contributed by atoms with Crippen molar-refractivity contribution in [1.82, 2.24) is 10.2 Å². The van der Waals surface area contributed by atoms with Gasteiger partial charge in [0, 0.05) is 19.6 Å². The molecule has 1 heterocycles. The van der Waals surface area contributed by atoms with Gasteiger partial charge in [-0.15, -0.1) is 0 Å². The van der Waals surface area contributed by atoms with E-state index in [1.165, 1.54) is 0 Å². The zero-order valence-corrected chi connectivity index (χ0v) is 10.2. The van der Waals surface area contributed by atoms with E-state index in [1.807, 2.05) is 30.1 Å². The third-order valence-electron chi connectivity index (χ3n) is 2.66. The SMILES string of the molecule is CN(CCNC(=O)O)Cc1ccc2c(c1)OCO2. The summed E-state index contributed by atoms with van der Waals surface area (Å²) in [7, 11) is 1.94. The highest BCUT2D eigenvalue weighted by Gasteiger charge is 2.13. The molecule has 98 valence electrons. The summed E-state index contributed by atoms with van der Waals surface area (Å²) < 4.78 is 10.5. The first kappa shape index (κ1) is 12.5. The highest BCUT2D eigenvalue weighted by Crippen LogP contribution is 2.32. The molecule has 0 unspecified atom stereocenters. The number of likely N-dealkylation sites (N-methyl/N-ethyl adjacent to an activating group) is 1. The van der Waals surface area contributed by atoms with Crippen molar-refractivity contribution in [2.75, 3.05) is 26.9 Å². The molecule has 0 atom stereocenters. The second-order valence-corrected chi connectivity index (χ2v) is 4.16. The van der Waals surface area contributed by atoms with Crippen molar-refractivity contribution in [3.63, 3.8) is 0 Å². The second-order valence-electron chi connectivity index (χ2n) is 4.16. The Balaban J connectivity index is 1.83. The minimum absolute atomic E-state index is 0.275. The Morgan fingerprint density at radius 1 is 1.44 bits per heavy atom. The fourth-order valence-corrected chi connectivity index (χ4v) is 1.78. The van der Waals surface area contributed by atoms with Crippen LogP contribution in [0.25, 0.3) is 0 Å². The molecule has 6 nitrogen and oxygen atoms in total. The molecule has 1 aliphatic heterocycles. The normalized spacial score (nSPS) is 12.8. The predicted octanol–water partition coefficient (Wildman–Crippen LogP) is 1.11. The van der Waals surface area contributed by atoms with Gasteiger partial charge in [-0.05, 0) is 24.7 Å². The van der Waals surface area contributed by atoms with E-state index in [-0.39, 0.29) is 6.79 Å². The lowest BCUT2D eigenvalue weighted by Crippen LogP contribution is -2.31. The molecule has 0 saturated carbocycles. The van der Waals surface area contributed by atoms with Gasteiger partial charge < -0.3 is 24.8 Å². The Kier molecular flexibility index (Phi) is 3.88. The summed E-state index contributed by atoms with van der Waals surface area (Å²) in [6.07, 6.45) is -0.994. The average molecular weight is 252 g/mol. The summed E-state index contributed by atoms with van der Waals surface area (Å²) in [5, 5.41) is 10.8. The summed E-state index contributed by atoms with van der Waals surface area (Å²) in [5.74, 6) is 1.54. The van der Waals surface area contributed by atoms with Crippen molar-refractivity contribution >= 4 is 6.09 Å². The summed E-state index contributed by atoms with van der Waals surface area (Å²) in [4.78, 5) is 12.3. The Labute approximate surface area is 105 Å². The van der Waals surface area contributed by atoms with Crippen LogP contribution in [0.4, 0.5) is 4.79 Å². The summed E-state index contributed by atoms with van der Waals surface area (Å²) in [6, 6.07) is 5.82. The number of amides is 1. The van der Waals surface area contributed by atoms with Crippen molar-refractivity contribution in [1.29, 1.82) is 0 Å². The zero-order valence-electron chi connectivity index (χ0n) is 10.2. The molecule has 1 aliphatic rings. The monoisotopic (exact) mass is 252 g/mol. The first-order valence-corrected chi connectivity index (χ1v) is 5.69. The average Bonchev–Trinajstić information content (AvgIpc) is 2.75. The second kappa shape index (κ2) is 5.59. The highest BCUT2D eigenvalue weighted by atomic mass is 16.7. The van der Waals surface area contributed by atoms with Gasteiger partial charge in [-0.25, -0.2) is 4.79 Å². The van der Waals surface area contributed by atoms with E-state index in [0.717, 1.165) is 23.6 Å². The number of hydrogen-bond acceptors (Lipinski definition) is 4. The van der Waals surface area contributed by atoms with E-state index in [2.05, 4.69) is 5.32 Å². The van der Waals surface area contributed by atoms with Crippen LogP contribution < -0.4 is 14.8 Å². The number of hydrogen-bond donors (Lipinski definition) is 2. The smallest absolute Gasteiger partial charge is 0.404 e. The molecule has 1 amide bonds.